The molecule has 160 valence electrons. The second-order valence-electron chi connectivity index (χ2n) is 7.29. The van der Waals surface area contributed by atoms with E-state index >= 15 is 0 Å². The summed E-state index contributed by atoms with van der Waals surface area (Å²) in [5, 5.41) is 28.7. The summed E-state index contributed by atoms with van der Waals surface area (Å²) >= 11 is 0. The van der Waals surface area contributed by atoms with Crippen LogP contribution >= 0.6 is 0 Å². The summed E-state index contributed by atoms with van der Waals surface area (Å²) in [7, 11) is 0. The van der Waals surface area contributed by atoms with Crippen LogP contribution in [0.4, 0.5) is 5.69 Å². The van der Waals surface area contributed by atoms with E-state index in [1.165, 1.54) is 0 Å². The Balaban J connectivity index is 1.76. The largest absolute Gasteiger partial charge is 0.482 e. The van der Waals surface area contributed by atoms with Crippen molar-refractivity contribution in [2.75, 3.05) is 5.32 Å². The van der Waals surface area contributed by atoms with Gasteiger partial charge in [0.1, 0.15) is 18.3 Å². The van der Waals surface area contributed by atoms with Crippen LogP contribution in [0.3, 0.4) is 0 Å². The number of benzene rings is 2. The SMILES string of the molecule is Cc1c(CNc2ccc(C(=N)N)cc2)c[n+](O)c(C)c1OCc1cccc(C(=N)N)c1. The van der Waals surface area contributed by atoms with Gasteiger partial charge in [0.15, 0.2) is 5.75 Å². The molecule has 1 aromatic heterocycles. The molecule has 8 heteroatoms. The number of nitrogens with one attached hydrogen (secondary N) is 3. The molecule has 0 saturated heterocycles. The molecule has 0 atom stereocenters. The number of rotatable bonds is 8. The lowest BCUT2D eigenvalue weighted by Crippen LogP contribution is -2.35. The van der Waals surface area contributed by atoms with Crippen molar-refractivity contribution in [2.24, 2.45) is 11.5 Å². The van der Waals surface area contributed by atoms with Crippen LogP contribution in [0.5, 0.6) is 5.75 Å². The summed E-state index contributed by atoms with van der Waals surface area (Å²) in [4.78, 5) is 0. The highest BCUT2D eigenvalue weighted by molar-refractivity contribution is 5.95. The second-order valence-corrected chi connectivity index (χ2v) is 7.29. The number of nitrogens with zero attached hydrogens (tertiary/aromatic N) is 1. The van der Waals surface area contributed by atoms with Crippen molar-refractivity contribution < 1.29 is 14.7 Å². The van der Waals surface area contributed by atoms with Crippen LogP contribution in [-0.4, -0.2) is 16.9 Å². The number of nitrogen functional groups attached to an aromatic ring is 2. The van der Waals surface area contributed by atoms with Gasteiger partial charge in [0.25, 0.3) is 5.69 Å². The van der Waals surface area contributed by atoms with Crippen LogP contribution in [-0.2, 0) is 13.2 Å². The minimum atomic E-state index is 0.00631. The molecule has 3 aromatic rings. The molecule has 0 bridgehead atoms. The summed E-state index contributed by atoms with van der Waals surface area (Å²) < 4.78 is 7.11. The van der Waals surface area contributed by atoms with Crippen molar-refractivity contribution >= 4 is 17.4 Å². The fourth-order valence-electron chi connectivity index (χ4n) is 3.20. The zero-order valence-electron chi connectivity index (χ0n) is 17.6. The first-order chi connectivity index (χ1) is 14.8. The minimum absolute atomic E-state index is 0.00631. The van der Waals surface area contributed by atoms with Crippen molar-refractivity contribution in [3.05, 3.63) is 88.2 Å². The van der Waals surface area contributed by atoms with Gasteiger partial charge in [-0.15, -0.1) is 0 Å². The van der Waals surface area contributed by atoms with Crippen molar-refractivity contribution in [3.63, 3.8) is 0 Å². The van der Waals surface area contributed by atoms with E-state index in [1.54, 1.807) is 31.3 Å². The molecular weight excluding hydrogens is 392 g/mol. The first-order valence-corrected chi connectivity index (χ1v) is 9.74. The normalized spacial score (nSPS) is 10.5. The van der Waals surface area contributed by atoms with E-state index in [-0.39, 0.29) is 18.3 Å². The third-order valence-electron chi connectivity index (χ3n) is 5.07. The molecule has 0 aliphatic rings. The number of nitrogens with two attached hydrogens (primary N) is 2. The fraction of sp³-hybridized carbons (Fsp3) is 0.174. The topological polar surface area (TPSA) is 145 Å². The average molecular weight is 420 g/mol. The molecule has 31 heavy (non-hydrogen) atoms. The molecule has 0 unspecified atom stereocenters. The second kappa shape index (κ2) is 9.17. The maximum Gasteiger partial charge on any atom is 0.272 e. The maximum absolute atomic E-state index is 10.3. The Morgan fingerprint density at radius 3 is 2.35 bits per heavy atom. The Bertz CT molecular complexity index is 1130. The molecule has 0 spiro atoms. The third-order valence-corrected chi connectivity index (χ3v) is 5.07. The maximum atomic E-state index is 10.3. The summed E-state index contributed by atoms with van der Waals surface area (Å²) in [5.74, 6) is 0.631. The van der Waals surface area contributed by atoms with Crippen molar-refractivity contribution in [1.29, 1.82) is 10.8 Å². The number of pyridine rings is 1. The molecule has 8 nitrogen and oxygen atoms in total. The lowest BCUT2D eigenvalue weighted by Gasteiger charge is -2.14. The Morgan fingerprint density at radius 1 is 1.03 bits per heavy atom. The van der Waals surface area contributed by atoms with Crippen molar-refractivity contribution in [1.82, 2.24) is 0 Å². The molecule has 1 heterocycles. The lowest BCUT2D eigenvalue weighted by atomic mass is 10.1. The molecule has 0 saturated carbocycles. The van der Waals surface area contributed by atoms with Gasteiger partial charge in [-0.3, -0.25) is 16.0 Å². The van der Waals surface area contributed by atoms with E-state index in [9.17, 15) is 5.21 Å². The quantitative estimate of drug-likeness (QED) is 0.144. The molecule has 0 amide bonds. The number of ether oxygens (including phenoxy) is 1. The highest BCUT2D eigenvalue weighted by atomic mass is 16.5. The van der Waals surface area contributed by atoms with Gasteiger partial charge < -0.3 is 21.5 Å². The van der Waals surface area contributed by atoms with Crippen LogP contribution in [0.2, 0.25) is 0 Å². The van der Waals surface area contributed by atoms with Crippen molar-refractivity contribution in [2.45, 2.75) is 27.0 Å². The van der Waals surface area contributed by atoms with Crippen LogP contribution in [0.25, 0.3) is 0 Å². The van der Waals surface area contributed by atoms with E-state index in [2.05, 4.69) is 5.32 Å². The van der Waals surface area contributed by atoms with Gasteiger partial charge in [0, 0.05) is 46.1 Å². The molecule has 0 aliphatic heterocycles. The smallest absolute Gasteiger partial charge is 0.272 e. The van der Waals surface area contributed by atoms with Crippen molar-refractivity contribution in [3.8, 4) is 5.75 Å². The monoisotopic (exact) mass is 419 g/mol. The predicted octanol–water partition coefficient (Wildman–Crippen LogP) is 2.59. The zero-order chi connectivity index (χ0) is 22.5. The molecule has 8 N–H and O–H groups in total. The minimum Gasteiger partial charge on any atom is -0.482 e. The van der Waals surface area contributed by atoms with Crippen LogP contribution in [0.15, 0.2) is 54.7 Å². The lowest BCUT2D eigenvalue weighted by molar-refractivity contribution is -0.909. The summed E-state index contributed by atoms with van der Waals surface area (Å²) in [6.07, 6.45) is 1.66. The van der Waals surface area contributed by atoms with Crippen LogP contribution in [0, 0.1) is 24.7 Å². The van der Waals surface area contributed by atoms with Gasteiger partial charge in [-0.1, -0.05) is 18.2 Å². The first kappa shape index (κ1) is 21.6. The highest BCUT2D eigenvalue weighted by Gasteiger charge is 2.21. The van der Waals surface area contributed by atoms with E-state index < -0.39 is 0 Å². The Morgan fingerprint density at radius 2 is 1.71 bits per heavy atom. The van der Waals surface area contributed by atoms with Gasteiger partial charge in [-0.05, 0) is 42.8 Å². The van der Waals surface area contributed by atoms with Gasteiger partial charge in [0.05, 0.1) is 0 Å². The third kappa shape index (κ3) is 5.11. The number of aromatic nitrogens is 1. The number of amidine groups is 2. The summed E-state index contributed by atoms with van der Waals surface area (Å²) in [5.41, 5.74) is 16.5. The van der Waals surface area contributed by atoms with Crippen LogP contribution in [0.1, 0.15) is 33.5 Å². The standard InChI is InChI=1S/C23H27N6O2/c1-14-19(11-28-20-8-6-17(7-9-20)22(24)25)12-29(30)15(2)21(14)31-13-16-4-3-5-18(10-16)23(26)27/h3-10,12,28,30H,11,13H2,1-2H3,(H3,24,25)(H3,26,27)/q+1. The first-order valence-electron chi connectivity index (χ1n) is 9.74. The van der Waals surface area contributed by atoms with Gasteiger partial charge in [0.2, 0.25) is 6.20 Å². The predicted molar refractivity (Wildman–Crippen MR) is 120 cm³/mol. The molecular formula is C23H27N6O2+. The van der Waals surface area contributed by atoms with Gasteiger partial charge >= 0.3 is 0 Å². The fourth-order valence-corrected chi connectivity index (χ4v) is 3.20. The van der Waals surface area contributed by atoms with Crippen LogP contribution < -0.4 is 26.3 Å². The molecule has 0 radical (unpaired) electrons. The van der Waals surface area contributed by atoms with E-state index in [4.69, 9.17) is 27.0 Å². The number of hydrogen-bond donors (Lipinski definition) is 6. The Kier molecular flexibility index (Phi) is 6.40. The number of hydrogen-bond acceptors (Lipinski definition) is 5. The van der Waals surface area contributed by atoms with Gasteiger partial charge in [-0.25, -0.2) is 0 Å². The molecule has 0 aliphatic carbocycles. The highest BCUT2D eigenvalue weighted by Crippen LogP contribution is 2.25. The van der Waals surface area contributed by atoms with E-state index in [0.29, 0.717) is 29.1 Å². The Hall–Kier alpha value is -4.07. The average Bonchev–Trinajstić information content (AvgIpc) is 2.75. The molecule has 3 rings (SSSR count). The summed E-state index contributed by atoms with van der Waals surface area (Å²) in [6.45, 7) is 4.49. The molecule has 2 aromatic carbocycles. The van der Waals surface area contributed by atoms with Gasteiger partial charge in [-0.2, -0.15) is 0 Å². The number of anilines is 1. The Labute approximate surface area is 181 Å². The zero-order valence-corrected chi connectivity index (χ0v) is 17.6. The van der Waals surface area contributed by atoms with E-state index in [0.717, 1.165) is 27.1 Å². The summed E-state index contributed by atoms with van der Waals surface area (Å²) in [6, 6.07) is 14.6. The molecule has 0 fully saturated rings. The van der Waals surface area contributed by atoms with E-state index in [1.807, 2.05) is 37.3 Å².